The summed E-state index contributed by atoms with van der Waals surface area (Å²) in [4.78, 5) is 27.5. The van der Waals surface area contributed by atoms with Crippen LogP contribution in [0.15, 0.2) is 36.4 Å². The average Bonchev–Trinajstić information content (AvgIpc) is 3.07. The van der Waals surface area contributed by atoms with E-state index in [4.69, 9.17) is 9.47 Å². The van der Waals surface area contributed by atoms with Crippen LogP contribution in [0.1, 0.15) is 56.2 Å². The quantitative estimate of drug-likeness (QED) is 0.590. The summed E-state index contributed by atoms with van der Waals surface area (Å²) in [7, 11) is 0. The molecule has 0 radical (unpaired) electrons. The van der Waals surface area contributed by atoms with E-state index in [0.29, 0.717) is 40.0 Å². The van der Waals surface area contributed by atoms with Gasteiger partial charge in [0.2, 0.25) is 0 Å². The van der Waals surface area contributed by atoms with E-state index in [1.54, 1.807) is 43.0 Å². The molecule has 0 aliphatic carbocycles. The lowest BCUT2D eigenvalue weighted by molar-refractivity contribution is 0.0225. The molecule has 2 aromatic carbocycles. The maximum Gasteiger partial charge on any atom is 0.410 e. The molecule has 8 nitrogen and oxygen atoms in total. The summed E-state index contributed by atoms with van der Waals surface area (Å²) in [5.74, 6) is -0.338. The van der Waals surface area contributed by atoms with E-state index in [1.807, 2.05) is 26.8 Å². The molecule has 1 aromatic heterocycles. The number of para-hydroxylation sites is 2. The van der Waals surface area contributed by atoms with Crippen LogP contribution in [0.25, 0.3) is 10.9 Å². The Morgan fingerprint density at radius 1 is 1.15 bits per heavy atom. The molecule has 2 N–H and O–H groups in total. The number of benzene rings is 2. The Morgan fingerprint density at radius 3 is 2.62 bits per heavy atom. The number of rotatable bonds is 3. The zero-order chi connectivity index (χ0) is 24.7. The Labute approximate surface area is 197 Å². The van der Waals surface area contributed by atoms with Gasteiger partial charge in [-0.2, -0.15) is 5.10 Å². The smallest absolute Gasteiger partial charge is 0.410 e. The van der Waals surface area contributed by atoms with Crippen LogP contribution >= 0.6 is 0 Å². The van der Waals surface area contributed by atoms with Crippen LogP contribution in [-0.4, -0.2) is 45.9 Å². The molecule has 0 fully saturated rings. The second-order valence-electron chi connectivity index (χ2n) is 9.86. The van der Waals surface area contributed by atoms with E-state index in [9.17, 15) is 14.0 Å². The molecule has 2 amide bonds. The number of ether oxygens (including phenoxy) is 2. The highest BCUT2D eigenvalue weighted by atomic mass is 19.1. The van der Waals surface area contributed by atoms with E-state index < -0.39 is 23.1 Å². The summed E-state index contributed by atoms with van der Waals surface area (Å²) in [6.07, 6.45) is -0.433. The maximum atomic E-state index is 14.1. The Kier molecular flexibility index (Phi) is 5.97. The molecule has 0 atom stereocenters. The monoisotopic (exact) mass is 468 g/mol. The van der Waals surface area contributed by atoms with E-state index in [0.717, 1.165) is 0 Å². The number of nitrogens with one attached hydrogen (secondary N) is 2. The van der Waals surface area contributed by atoms with E-state index in [2.05, 4.69) is 15.5 Å². The summed E-state index contributed by atoms with van der Waals surface area (Å²) in [5, 5.41) is 10.6. The van der Waals surface area contributed by atoms with Crippen LogP contribution in [-0.2, 0) is 16.8 Å². The molecule has 1 aliphatic heterocycles. The topological polar surface area (TPSA) is 96.5 Å². The SMILES string of the molecule is CC(C)(C)OC(=O)N1CCOc2c(cccc2C(=O)NC(C)(C)c2n[nH]c3c(F)cccc23)C1. The molecule has 34 heavy (non-hydrogen) atoms. The highest BCUT2D eigenvalue weighted by Gasteiger charge is 2.31. The lowest BCUT2D eigenvalue weighted by Gasteiger charge is -2.26. The molecule has 4 rings (SSSR count). The van der Waals surface area contributed by atoms with Crippen molar-refractivity contribution in [3.05, 3.63) is 59.0 Å². The first-order valence-corrected chi connectivity index (χ1v) is 11.1. The molecular formula is C25H29FN4O4. The Morgan fingerprint density at radius 2 is 1.88 bits per heavy atom. The van der Waals surface area contributed by atoms with Gasteiger partial charge in [-0.05, 0) is 46.8 Å². The number of hydrogen-bond donors (Lipinski definition) is 2. The van der Waals surface area contributed by atoms with Gasteiger partial charge in [-0.1, -0.05) is 24.3 Å². The fourth-order valence-electron chi connectivity index (χ4n) is 3.98. The molecular weight excluding hydrogens is 439 g/mol. The van der Waals surface area contributed by atoms with Gasteiger partial charge in [-0.3, -0.25) is 9.89 Å². The third-order valence-corrected chi connectivity index (χ3v) is 5.53. The number of carbonyl (C=O) groups is 2. The van der Waals surface area contributed by atoms with Crippen LogP contribution in [0.4, 0.5) is 9.18 Å². The number of fused-ring (bicyclic) bond motifs is 2. The number of amides is 2. The molecule has 0 saturated heterocycles. The predicted octanol–water partition coefficient (Wildman–Crippen LogP) is 4.50. The van der Waals surface area contributed by atoms with Crippen molar-refractivity contribution < 1.29 is 23.5 Å². The van der Waals surface area contributed by atoms with E-state index in [1.165, 1.54) is 6.07 Å². The number of aromatic amines is 1. The van der Waals surface area contributed by atoms with Gasteiger partial charge in [-0.15, -0.1) is 0 Å². The van der Waals surface area contributed by atoms with Crippen molar-refractivity contribution in [2.45, 2.75) is 52.3 Å². The van der Waals surface area contributed by atoms with Crippen molar-refractivity contribution in [3.63, 3.8) is 0 Å². The first-order valence-electron chi connectivity index (χ1n) is 11.1. The molecule has 1 aliphatic rings. The minimum atomic E-state index is -0.904. The van der Waals surface area contributed by atoms with Gasteiger partial charge in [0.15, 0.2) is 0 Å². The van der Waals surface area contributed by atoms with Crippen molar-refractivity contribution in [2.75, 3.05) is 13.2 Å². The highest BCUT2D eigenvalue weighted by molar-refractivity contribution is 5.98. The molecule has 0 unspecified atom stereocenters. The zero-order valence-electron chi connectivity index (χ0n) is 20.0. The Hall–Kier alpha value is -3.62. The molecule has 0 spiro atoms. The fourth-order valence-corrected chi connectivity index (χ4v) is 3.98. The van der Waals surface area contributed by atoms with Gasteiger partial charge < -0.3 is 19.7 Å². The van der Waals surface area contributed by atoms with Crippen molar-refractivity contribution in [3.8, 4) is 5.75 Å². The third-order valence-electron chi connectivity index (χ3n) is 5.53. The summed E-state index contributed by atoms with van der Waals surface area (Å²) in [6, 6.07) is 9.97. The van der Waals surface area contributed by atoms with E-state index in [-0.39, 0.29) is 19.1 Å². The van der Waals surface area contributed by atoms with Gasteiger partial charge in [0.1, 0.15) is 29.3 Å². The highest BCUT2D eigenvalue weighted by Crippen LogP contribution is 2.31. The summed E-state index contributed by atoms with van der Waals surface area (Å²) in [6.45, 7) is 9.87. The maximum absolute atomic E-state index is 14.1. The lowest BCUT2D eigenvalue weighted by atomic mass is 9.96. The van der Waals surface area contributed by atoms with Crippen molar-refractivity contribution in [2.24, 2.45) is 0 Å². The second-order valence-corrected chi connectivity index (χ2v) is 9.86. The van der Waals surface area contributed by atoms with Crippen LogP contribution < -0.4 is 10.1 Å². The average molecular weight is 469 g/mol. The number of halogens is 1. The van der Waals surface area contributed by atoms with Crippen LogP contribution in [0.5, 0.6) is 5.75 Å². The van der Waals surface area contributed by atoms with E-state index >= 15 is 0 Å². The lowest BCUT2D eigenvalue weighted by Crippen LogP contribution is -2.41. The van der Waals surface area contributed by atoms with Crippen LogP contribution in [0.3, 0.4) is 0 Å². The van der Waals surface area contributed by atoms with Crippen LogP contribution in [0.2, 0.25) is 0 Å². The summed E-state index contributed by atoms with van der Waals surface area (Å²) >= 11 is 0. The number of hydrogen-bond acceptors (Lipinski definition) is 5. The van der Waals surface area contributed by atoms with Gasteiger partial charge >= 0.3 is 6.09 Å². The standard InChI is InChI=1S/C25H29FN4O4/c1-24(2,3)34-23(32)30-12-13-33-20-15(14-30)8-6-10-17(20)22(31)27-25(4,5)21-16-9-7-11-18(26)19(16)28-29-21/h6-11H,12-14H2,1-5H3,(H,27,31)(H,28,29). The first-order chi connectivity index (χ1) is 16.0. The summed E-state index contributed by atoms with van der Waals surface area (Å²) < 4.78 is 25.5. The van der Waals surface area contributed by atoms with Gasteiger partial charge in [0.05, 0.1) is 29.9 Å². The van der Waals surface area contributed by atoms with Gasteiger partial charge in [0.25, 0.3) is 5.91 Å². The van der Waals surface area contributed by atoms with Crippen molar-refractivity contribution in [1.29, 1.82) is 0 Å². The number of carbonyl (C=O) groups excluding carboxylic acids is 2. The molecule has 2 heterocycles. The number of H-pyrrole nitrogens is 1. The normalized spacial score (nSPS) is 14.2. The molecule has 180 valence electrons. The largest absolute Gasteiger partial charge is 0.491 e. The number of aromatic nitrogens is 2. The summed E-state index contributed by atoms with van der Waals surface area (Å²) in [5.41, 5.74) is 0.357. The predicted molar refractivity (Wildman–Crippen MR) is 125 cm³/mol. The van der Waals surface area contributed by atoms with Gasteiger partial charge in [-0.25, -0.2) is 9.18 Å². The first kappa shape index (κ1) is 23.5. The molecule has 3 aromatic rings. The fraction of sp³-hybridized carbons (Fsp3) is 0.400. The van der Waals surface area contributed by atoms with Gasteiger partial charge in [0, 0.05) is 10.9 Å². The Bertz CT molecular complexity index is 1250. The second kappa shape index (κ2) is 8.62. The molecule has 9 heteroatoms. The Balaban J connectivity index is 1.58. The minimum Gasteiger partial charge on any atom is -0.491 e. The van der Waals surface area contributed by atoms with Crippen molar-refractivity contribution in [1.82, 2.24) is 20.4 Å². The van der Waals surface area contributed by atoms with Crippen LogP contribution in [0, 0.1) is 5.82 Å². The minimum absolute atomic E-state index is 0.225. The zero-order valence-corrected chi connectivity index (χ0v) is 20.0. The third kappa shape index (κ3) is 4.69. The molecule has 0 saturated carbocycles. The number of nitrogens with zero attached hydrogens (tertiary/aromatic N) is 2. The molecule has 0 bridgehead atoms. The van der Waals surface area contributed by atoms with Crippen molar-refractivity contribution >= 4 is 22.9 Å².